The monoisotopic (exact) mass is 130 g/mol. The largest absolute Gasteiger partial charge is 0.668 e. The van der Waals surface area contributed by atoms with Gasteiger partial charge in [0.25, 0.3) is 0 Å². The Labute approximate surface area is 39.9 Å². The Bertz CT molecular complexity index is 19.7. The van der Waals surface area contributed by atoms with Gasteiger partial charge < -0.3 is 19.2 Å². The highest BCUT2D eigenvalue weighted by molar-refractivity contribution is 6.46. The van der Waals surface area contributed by atoms with Crippen molar-refractivity contribution in [3.8, 4) is 0 Å². The molecule has 0 aliphatic rings. The van der Waals surface area contributed by atoms with Crippen molar-refractivity contribution >= 4 is 9.05 Å². The van der Waals surface area contributed by atoms with E-state index in [1.165, 1.54) is 0 Å². The second kappa shape index (κ2) is 4.14. The summed E-state index contributed by atoms with van der Waals surface area (Å²) in [7, 11) is -4.61. The van der Waals surface area contributed by atoms with Crippen molar-refractivity contribution in [3.63, 3.8) is 0 Å². The minimum absolute atomic E-state index is 4.61. The van der Waals surface area contributed by atoms with Gasteiger partial charge in [-0.25, -0.2) is 0 Å². The molecule has 0 rings (SSSR count). The topological polar surface area (TPSA) is 121 Å². The average Bonchev–Trinajstić information content (AvgIpc) is 1.36. The van der Waals surface area contributed by atoms with E-state index in [1.807, 2.05) is 0 Å². The standard InChI is InChI=1S/H4O4Si.H2O2/c1-5(2,3)4;1-2/h1-4H;1-2H. The summed E-state index contributed by atoms with van der Waals surface area (Å²) in [5.41, 5.74) is 0. The molecule has 0 amide bonds. The van der Waals surface area contributed by atoms with Crippen molar-refractivity contribution in [2.45, 2.75) is 0 Å². The third kappa shape index (κ3) is 177000. The third-order valence-electron chi connectivity index (χ3n) is 0. The second-order valence-corrected chi connectivity index (χ2v) is 1.80. The van der Waals surface area contributed by atoms with Crippen molar-refractivity contribution < 1.29 is 29.7 Å². The minimum atomic E-state index is -4.61. The summed E-state index contributed by atoms with van der Waals surface area (Å²) in [6.07, 6.45) is 0. The molecule has 6 N–H and O–H groups in total. The van der Waals surface area contributed by atoms with Gasteiger partial charge in [0.15, 0.2) is 0 Å². The maximum absolute atomic E-state index is 7.33. The SMILES string of the molecule is OO.O[Si](O)(O)O. The van der Waals surface area contributed by atoms with Gasteiger partial charge >= 0.3 is 9.05 Å². The van der Waals surface area contributed by atoms with E-state index in [0.29, 0.717) is 0 Å². The lowest BCUT2D eigenvalue weighted by atomic mass is 15.0. The molecule has 0 heterocycles. The van der Waals surface area contributed by atoms with Gasteiger partial charge in [-0.2, -0.15) is 0 Å². The second-order valence-electron chi connectivity index (χ2n) is 0.600. The van der Waals surface area contributed by atoms with Crippen LogP contribution in [0.5, 0.6) is 0 Å². The van der Waals surface area contributed by atoms with Crippen LogP contribution in [-0.4, -0.2) is 38.7 Å². The zero-order valence-electron chi connectivity index (χ0n) is 3.18. The Kier molecular flexibility index (Phi) is 5.96. The lowest BCUT2D eigenvalue weighted by Crippen LogP contribution is -2.33. The quantitative estimate of drug-likeness (QED) is 0.121. The zero-order valence-corrected chi connectivity index (χ0v) is 4.18. The number of hydrogen-bond donors (Lipinski definition) is 6. The molecule has 0 unspecified atom stereocenters. The normalized spacial score (nSPS) is 9.43. The molecular weight excluding hydrogens is 124 g/mol. The predicted octanol–water partition coefficient (Wildman–Crippen LogP) is -2.59. The van der Waals surface area contributed by atoms with Crippen molar-refractivity contribution in [3.05, 3.63) is 0 Å². The van der Waals surface area contributed by atoms with Crippen LogP contribution in [0.1, 0.15) is 0 Å². The van der Waals surface area contributed by atoms with Crippen LogP contribution >= 0.6 is 0 Å². The molecule has 0 bridgehead atoms. The molecule has 0 spiro atoms. The maximum Gasteiger partial charge on any atom is 0.668 e. The highest BCUT2D eigenvalue weighted by Gasteiger charge is 2.22. The average molecular weight is 130 g/mol. The van der Waals surface area contributed by atoms with Gasteiger partial charge in [0, 0.05) is 0 Å². The lowest BCUT2D eigenvalue weighted by molar-refractivity contribution is -0.176. The summed E-state index contributed by atoms with van der Waals surface area (Å²) in [5, 5.41) is 12.0. The fourth-order valence-corrected chi connectivity index (χ4v) is 0. The summed E-state index contributed by atoms with van der Waals surface area (Å²) in [6.45, 7) is 0. The van der Waals surface area contributed by atoms with E-state index in [2.05, 4.69) is 0 Å². The molecule has 0 aromatic carbocycles. The van der Waals surface area contributed by atoms with Crippen molar-refractivity contribution in [1.29, 1.82) is 0 Å². The summed E-state index contributed by atoms with van der Waals surface area (Å²) in [4.78, 5) is 29.3. The van der Waals surface area contributed by atoms with Gasteiger partial charge in [-0.05, 0) is 0 Å². The van der Waals surface area contributed by atoms with E-state index in [-0.39, 0.29) is 0 Å². The van der Waals surface area contributed by atoms with Crippen LogP contribution in [0.25, 0.3) is 0 Å². The van der Waals surface area contributed by atoms with Crippen LogP contribution in [-0.2, 0) is 0 Å². The third-order valence-corrected chi connectivity index (χ3v) is 0. The smallest absolute Gasteiger partial charge is 0.368 e. The van der Waals surface area contributed by atoms with Crippen LogP contribution in [0.2, 0.25) is 0 Å². The minimum Gasteiger partial charge on any atom is -0.368 e. The molecule has 6 nitrogen and oxygen atoms in total. The summed E-state index contributed by atoms with van der Waals surface area (Å²) >= 11 is 0. The molecule has 0 aliphatic heterocycles. The van der Waals surface area contributed by atoms with E-state index in [9.17, 15) is 0 Å². The molecule has 0 fully saturated rings. The Hall–Kier alpha value is -0.0231. The Morgan fingerprint density at radius 1 is 0.714 bits per heavy atom. The first kappa shape index (κ1) is 10.1. The van der Waals surface area contributed by atoms with Gasteiger partial charge in [-0.3, -0.25) is 10.5 Å². The molecule has 0 aromatic rings. The Morgan fingerprint density at radius 2 is 0.714 bits per heavy atom. The molecule has 0 aliphatic carbocycles. The van der Waals surface area contributed by atoms with Crippen LogP contribution in [0.4, 0.5) is 0 Å². The van der Waals surface area contributed by atoms with Gasteiger partial charge in [-0.1, -0.05) is 0 Å². The van der Waals surface area contributed by atoms with E-state index < -0.39 is 9.05 Å². The number of hydrogen-bond acceptors (Lipinski definition) is 6. The predicted molar refractivity (Wildman–Crippen MR) is 19.9 cm³/mol. The van der Waals surface area contributed by atoms with Crippen molar-refractivity contribution in [2.75, 3.05) is 0 Å². The molecule has 7 heteroatoms. The Morgan fingerprint density at radius 3 is 0.714 bits per heavy atom. The van der Waals surface area contributed by atoms with Gasteiger partial charge in [-0.15, -0.1) is 0 Å². The van der Waals surface area contributed by atoms with E-state index >= 15 is 0 Å². The molecule has 0 saturated heterocycles. The summed E-state index contributed by atoms with van der Waals surface area (Å²) < 4.78 is 0. The molecular formula is H6O6Si. The fourth-order valence-electron chi connectivity index (χ4n) is 0. The Balaban J connectivity index is 0. The van der Waals surface area contributed by atoms with Crippen LogP contribution in [0.15, 0.2) is 0 Å². The molecule has 46 valence electrons. The van der Waals surface area contributed by atoms with Gasteiger partial charge in [0.1, 0.15) is 0 Å². The van der Waals surface area contributed by atoms with Gasteiger partial charge in [0.05, 0.1) is 0 Å². The summed E-state index contributed by atoms with van der Waals surface area (Å²) in [6, 6.07) is 0. The van der Waals surface area contributed by atoms with Gasteiger partial charge in [0.2, 0.25) is 0 Å². The number of rotatable bonds is 0. The zero-order chi connectivity index (χ0) is 6.50. The molecule has 7 heavy (non-hydrogen) atoms. The van der Waals surface area contributed by atoms with E-state index in [0.717, 1.165) is 0 Å². The van der Waals surface area contributed by atoms with Crippen LogP contribution < -0.4 is 0 Å². The van der Waals surface area contributed by atoms with Crippen LogP contribution in [0, 0.1) is 0 Å². The van der Waals surface area contributed by atoms with E-state index in [1.54, 1.807) is 0 Å². The summed E-state index contributed by atoms with van der Waals surface area (Å²) in [5.74, 6) is 0. The first-order valence-corrected chi connectivity index (χ1v) is 2.88. The van der Waals surface area contributed by atoms with E-state index in [4.69, 9.17) is 29.7 Å². The molecule has 0 radical (unpaired) electrons. The highest BCUT2D eigenvalue weighted by atomic mass is 28.4. The molecule has 0 atom stereocenters. The fraction of sp³-hybridized carbons (Fsp3) is 0. The van der Waals surface area contributed by atoms with Crippen molar-refractivity contribution in [2.24, 2.45) is 0 Å². The molecule has 0 aromatic heterocycles. The molecule has 0 saturated carbocycles. The first-order valence-electron chi connectivity index (χ1n) is 1.09. The lowest BCUT2D eigenvalue weighted by Gasteiger charge is -1.91. The maximum atomic E-state index is 7.33. The van der Waals surface area contributed by atoms with Crippen molar-refractivity contribution in [1.82, 2.24) is 0 Å². The highest BCUT2D eigenvalue weighted by Crippen LogP contribution is 1.67. The first-order chi connectivity index (χ1) is 3.00. The van der Waals surface area contributed by atoms with Crippen LogP contribution in [0.3, 0.4) is 0 Å².